The lowest BCUT2D eigenvalue weighted by Crippen LogP contribution is -2.12. The number of aromatic carboxylic acids is 1. The zero-order chi connectivity index (χ0) is 15.8. The number of carboxylic acids is 1. The molecule has 0 atom stereocenters. The van der Waals surface area contributed by atoms with Gasteiger partial charge in [0.25, 0.3) is 10.0 Å². The molecule has 0 fully saturated rings. The van der Waals surface area contributed by atoms with E-state index in [-0.39, 0.29) is 14.8 Å². The van der Waals surface area contributed by atoms with Gasteiger partial charge in [-0.3, -0.25) is 4.72 Å². The average molecular weight is 329 g/mol. The number of carboxylic acid groups (broad SMARTS) is 1. The number of halogens is 1. The Labute approximate surface area is 125 Å². The van der Waals surface area contributed by atoms with Gasteiger partial charge in [-0.2, -0.15) is 0 Å². The predicted octanol–water partition coefficient (Wildman–Crippen LogP) is 3.00. The topological polar surface area (TPSA) is 83.5 Å². The molecule has 1 aromatic carbocycles. The molecule has 1 aromatic heterocycles. The molecule has 0 aliphatic carbocycles. The summed E-state index contributed by atoms with van der Waals surface area (Å²) in [6, 6.07) is 4.98. The summed E-state index contributed by atoms with van der Waals surface area (Å²) in [5.74, 6) is -1.63. The van der Waals surface area contributed by atoms with Crippen molar-refractivity contribution in [2.75, 3.05) is 4.72 Å². The van der Waals surface area contributed by atoms with Gasteiger partial charge in [0, 0.05) is 0 Å². The third-order valence-corrected chi connectivity index (χ3v) is 5.85. The monoisotopic (exact) mass is 329 g/mol. The summed E-state index contributed by atoms with van der Waals surface area (Å²) in [5, 5.41) is 8.96. The minimum Gasteiger partial charge on any atom is -0.477 e. The first-order chi connectivity index (χ1) is 9.70. The lowest BCUT2D eigenvalue weighted by atomic mass is 10.2. The molecule has 2 rings (SSSR count). The van der Waals surface area contributed by atoms with Crippen LogP contribution >= 0.6 is 11.3 Å². The molecule has 0 aliphatic heterocycles. The maximum Gasteiger partial charge on any atom is 0.346 e. The van der Waals surface area contributed by atoms with E-state index in [2.05, 4.69) is 4.72 Å². The summed E-state index contributed by atoms with van der Waals surface area (Å²) in [4.78, 5) is 10.9. The number of benzene rings is 1. The van der Waals surface area contributed by atoms with Gasteiger partial charge >= 0.3 is 5.97 Å². The highest BCUT2D eigenvalue weighted by Gasteiger charge is 2.22. The highest BCUT2D eigenvalue weighted by molar-refractivity contribution is 7.94. The Hall–Kier alpha value is -1.93. The average Bonchev–Trinajstić information content (AvgIpc) is 2.76. The number of rotatable bonds is 4. The van der Waals surface area contributed by atoms with Gasteiger partial charge in [-0.25, -0.2) is 17.6 Å². The van der Waals surface area contributed by atoms with Crippen molar-refractivity contribution >= 4 is 33.0 Å². The Balaban J connectivity index is 2.38. The van der Waals surface area contributed by atoms with Crippen LogP contribution in [0.5, 0.6) is 0 Å². The van der Waals surface area contributed by atoms with Gasteiger partial charge in [0.2, 0.25) is 0 Å². The molecule has 21 heavy (non-hydrogen) atoms. The number of carbonyl (C=O) groups is 1. The number of anilines is 1. The zero-order valence-corrected chi connectivity index (χ0v) is 12.8. The minimum atomic E-state index is -3.90. The Bertz CT molecular complexity index is 812. The van der Waals surface area contributed by atoms with Crippen molar-refractivity contribution in [3.8, 4) is 0 Å². The maximum atomic E-state index is 13.0. The number of aryl methyl sites for hydroxylation is 2. The predicted molar refractivity (Wildman–Crippen MR) is 78.0 cm³/mol. The molecule has 0 saturated heterocycles. The summed E-state index contributed by atoms with van der Waals surface area (Å²) in [6.07, 6.45) is 0. The van der Waals surface area contributed by atoms with Crippen LogP contribution in [0.25, 0.3) is 0 Å². The summed E-state index contributed by atoms with van der Waals surface area (Å²) in [7, 11) is -3.90. The number of sulfonamides is 1. The van der Waals surface area contributed by atoms with Gasteiger partial charge in [0.15, 0.2) is 0 Å². The Morgan fingerprint density at radius 3 is 2.43 bits per heavy atom. The number of hydrogen-bond donors (Lipinski definition) is 2. The van der Waals surface area contributed by atoms with Crippen molar-refractivity contribution in [3.63, 3.8) is 0 Å². The summed E-state index contributed by atoms with van der Waals surface area (Å²) < 4.78 is 39.7. The lowest BCUT2D eigenvalue weighted by Gasteiger charge is -2.09. The molecule has 0 saturated carbocycles. The normalized spacial score (nSPS) is 11.4. The molecule has 0 bridgehead atoms. The van der Waals surface area contributed by atoms with Gasteiger partial charge < -0.3 is 5.11 Å². The second kappa shape index (κ2) is 5.45. The first kappa shape index (κ1) is 15.5. The van der Waals surface area contributed by atoms with E-state index in [9.17, 15) is 17.6 Å². The molecule has 0 unspecified atom stereocenters. The molecule has 0 amide bonds. The quantitative estimate of drug-likeness (QED) is 0.903. The van der Waals surface area contributed by atoms with E-state index in [0.29, 0.717) is 22.5 Å². The maximum absolute atomic E-state index is 13.0. The first-order valence-electron chi connectivity index (χ1n) is 5.83. The largest absolute Gasteiger partial charge is 0.477 e. The highest BCUT2D eigenvalue weighted by atomic mass is 32.2. The zero-order valence-electron chi connectivity index (χ0n) is 11.2. The Morgan fingerprint density at radius 1 is 1.24 bits per heavy atom. The summed E-state index contributed by atoms with van der Waals surface area (Å²) in [5.41, 5.74) is 1.06. The van der Waals surface area contributed by atoms with Crippen LogP contribution < -0.4 is 4.72 Å². The van der Waals surface area contributed by atoms with Crippen LogP contribution in [-0.2, 0) is 10.0 Å². The van der Waals surface area contributed by atoms with Crippen LogP contribution in [0.15, 0.2) is 28.5 Å². The third-order valence-electron chi connectivity index (χ3n) is 2.79. The fourth-order valence-corrected chi connectivity index (χ4v) is 4.24. The molecule has 2 N–H and O–H groups in total. The molecule has 112 valence electrons. The van der Waals surface area contributed by atoms with E-state index in [1.165, 1.54) is 25.1 Å². The van der Waals surface area contributed by atoms with Crippen molar-refractivity contribution in [2.45, 2.75) is 18.1 Å². The van der Waals surface area contributed by atoms with Crippen molar-refractivity contribution in [1.29, 1.82) is 0 Å². The van der Waals surface area contributed by atoms with Crippen molar-refractivity contribution in [3.05, 3.63) is 46.1 Å². The van der Waals surface area contributed by atoms with Gasteiger partial charge in [-0.05, 0) is 49.2 Å². The minimum absolute atomic E-state index is 0.0220. The second-order valence-electron chi connectivity index (χ2n) is 4.45. The molecular weight excluding hydrogens is 317 g/mol. The molecule has 0 aliphatic rings. The first-order valence-corrected chi connectivity index (χ1v) is 8.13. The van der Waals surface area contributed by atoms with Crippen LogP contribution in [0, 0.1) is 19.7 Å². The van der Waals surface area contributed by atoms with Gasteiger partial charge in [0.1, 0.15) is 14.9 Å². The van der Waals surface area contributed by atoms with E-state index in [4.69, 9.17) is 5.11 Å². The Morgan fingerprint density at radius 2 is 1.90 bits per heavy atom. The van der Waals surface area contributed by atoms with E-state index in [0.717, 1.165) is 6.07 Å². The number of thiophene rings is 1. The molecule has 8 heteroatoms. The van der Waals surface area contributed by atoms with E-state index < -0.39 is 21.8 Å². The molecule has 0 radical (unpaired) electrons. The smallest absolute Gasteiger partial charge is 0.346 e. The highest BCUT2D eigenvalue weighted by Crippen LogP contribution is 2.28. The standard InChI is InChI=1S/C13H12FNO4S2/c1-7-5-9(14)3-4-10(7)15-21(18,19)11-6-8(2)12(20-11)13(16)17/h3-6,15H,1-2H3,(H,16,17). The molecule has 2 aromatic rings. The van der Waals surface area contributed by atoms with Crippen LogP contribution in [0.3, 0.4) is 0 Å². The fraction of sp³-hybridized carbons (Fsp3) is 0.154. The van der Waals surface area contributed by atoms with E-state index in [1.54, 1.807) is 6.92 Å². The second-order valence-corrected chi connectivity index (χ2v) is 7.41. The van der Waals surface area contributed by atoms with Gasteiger partial charge in [-0.1, -0.05) is 0 Å². The van der Waals surface area contributed by atoms with E-state index in [1.807, 2.05) is 0 Å². The summed E-state index contributed by atoms with van der Waals surface area (Å²) >= 11 is 0.679. The van der Waals surface area contributed by atoms with Crippen LogP contribution in [-0.4, -0.2) is 19.5 Å². The van der Waals surface area contributed by atoms with Gasteiger partial charge in [0.05, 0.1) is 5.69 Å². The van der Waals surface area contributed by atoms with Crippen molar-refractivity contribution in [1.82, 2.24) is 0 Å². The number of nitrogens with one attached hydrogen (secondary N) is 1. The van der Waals surface area contributed by atoms with Crippen LogP contribution in [0.4, 0.5) is 10.1 Å². The van der Waals surface area contributed by atoms with Crippen molar-refractivity contribution < 1.29 is 22.7 Å². The third kappa shape index (κ3) is 3.22. The van der Waals surface area contributed by atoms with Crippen LogP contribution in [0.2, 0.25) is 0 Å². The molecular formula is C13H12FNO4S2. The fourth-order valence-electron chi connectivity index (χ4n) is 1.73. The van der Waals surface area contributed by atoms with E-state index >= 15 is 0 Å². The Kier molecular flexibility index (Phi) is 4.02. The van der Waals surface area contributed by atoms with Crippen LogP contribution in [0.1, 0.15) is 20.8 Å². The van der Waals surface area contributed by atoms with Crippen molar-refractivity contribution in [2.24, 2.45) is 0 Å². The lowest BCUT2D eigenvalue weighted by molar-refractivity contribution is 0.0701. The summed E-state index contributed by atoms with van der Waals surface area (Å²) in [6.45, 7) is 3.10. The van der Waals surface area contributed by atoms with Gasteiger partial charge in [-0.15, -0.1) is 11.3 Å². The number of hydrogen-bond acceptors (Lipinski definition) is 4. The molecule has 0 spiro atoms. The molecule has 5 nitrogen and oxygen atoms in total. The molecule has 1 heterocycles. The SMILES string of the molecule is Cc1cc(F)ccc1NS(=O)(=O)c1cc(C)c(C(=O)O)s1.